The molecule has 0 N–H and O–H groups in total. The molecule has 1 fully saturated rings. The number of ether oxygens (including phenoxy) is 1. The highest BCUT2D eigenvalue weighted by Crippen LogP contribution is 2.29. The zero-order valence-corrected chi connectivity index (χ0v) is 11.4. The molecule has 108 valence electrons. The summed E-state index contributed by atoms with van der Waals surface area (Å²) in [4.78, 5) is 21.7. The van der Waals surface area contributed by atoms with Crippen molar-refractivity contribution in [2.45, 2.75) is 6.42 Å². The Kier molecular flexibility index (Phi) is 3.62. The number of anilines is 1. The van der Waals surface area contributed by atoms with Crippen molar-refractivity contribution in [2.24, 2.45) is 0 Å². The van der Waals surface area contributed by atoms with Gasteiger partial charge in [0.15, 0.2) is 0 Å². The summed E-state index contributed by atoms with van der Waals surface area (Å²) in [6.45, 7) is 0.240. The second-order valence-electron chi connectivity index (χ2n) is 4.23. The van der Waals surface area contributed by atoms with Crippen molar-refractivity contribution in [3.05, 3.63) is 33.9 Å². The van der Waals surface area contributed by atoms with E-state index in [0.29, 0.717) is 6.42 Å². The molecule has 1 heterocycles. The van der Waals surface area contributed by atoms with Gasteiger partial charge in [-0.15, -0.1) is 0 Å². The Morgan fingerprint density at radius 1 is 1.40 bits per heavy atom. The van der Waals surface area contributed by atoms with Crippen molar-refractivity contribution in [1.29, 1.82) is 0 Å². The van der Waals surface area contributed by atoms with Gasteiger partial charge in [-0.05, 0) is 12.5 Å². The Hall–Kier alpha value is -2.16. The number of non-ortho nitro benzene ring substituents is 1. The Balaban J connectivity index is 2.55. The van der Waals surface area contributed by atoms with Gasteiger partial charge in [-0.25, -0.2) is 13.2 Å². The number of hydrogen-bond acceptors (Lipinski definition) is 6. The highest BCUT2D eigenvalue weighted by molar-refractivity contribution is 7.93. The Morgan fingerprint density at radius 2 is 2.10 bits per heavy atom. The maximum Gasteiger partial charge on any atom is 0.338 e. The largest absolute Gasteiger partial charge is 0.465 e. The number of benzene rings is 1. The van der Waals surface area contributed by atoms with E-state index in [2.05, 4.69) is 4.74 Å². The Labute approximate surface area is 115 Å². The number of carbonyl (C=O) groups excluding carboxylic acids is 1. The lowest BCUT2D eigenvalue weighted by molar-refractivity contribution is -0.384. The van der Waals surface area contributed by atoms with Gasteiger partial charge in [-0.1, -0.05) is 0 Å². The topological polar surface area (TPSA) is 107 Å². The maximum atomic E-state index is 11.8. The van der Waals surface area contributed by atoms with E-state index in [1.165, 1.54) is 6.07 Å². The fraction of sp³-hybridized carbons (Fsp3) is 0.364. The smallest absolute Gasteiger partial charge is 0.338 e. The molecule has 0 atom stereocenters. The SMILES string of the molecule is COC(=O)c1cc(N2CCCS2(=O)=O)cc([N+](=O)[O-])c1. The predicted molar refractivity (Wildman–Crippen MR) is 70.2 cm³/mol. The van der Waals surface area contributed by atoms with Crippen molar-refractivity contribution >= 4 is 27.4 Å². The van der Waals surface area contributed by atoms with Crippen molar-refractivity contribution in [1.82, 2.24) is 0 Å². The fourth-order valence-electron chi connectivity index (χ4n) is 2.01. The van der Waals surface area contributed by atoms with Gasteiger partial charge >= 0.3 is 5.97 Å². The number of carbonyl (C=O) groups is 1. The first-order valence-corrected chi connectivity index (χ1v) is 7.34. The van der Waals surface area contributed by atoms with E-state index in [-0.39, 0.29) is 29.2 Å². The molecule has 0 saturated carbocycles. The van der Waals surface area contributed by atoms with Gasteiger partial charge in [0.2, 0.25) is 10.0 Å². The van der Waals surface area contributed by atoms with E-state index in [0.717, 1.165) is 23.5 Å². The van der Waals surface area contributed by atoms with Gasteiger partial charge in [0.05, 0.1) is 29.0 Å². The van der Waals surface area contributed by atoms with Gasteiger partial charge in [-0.2, -0.15) is 0 Å². The number of methoxy groups -OCH3 is 1. The van der Waals surface area contributed by atoms with Crippen LogP contribution in [0.3, 0.4) is 0 Å². The van der Waals surface area contributed by atoms with E-state index in [4.69, 9.17) is 0 Å². The number of rotatable bonds is 3. The Bertz CT molecular complexity index is 669. The molecule has 1 saturated heterocycles. The van der Waals surface area contributed by atoms with Crippen LogP contribution in [0.15, 0.2) is 18.2 Å². The fourth-order valence-corrected chi connectivity index (χ4v) is 3.56. The van der Waals surface area contributed by atoms with E-state index in [1.54, 1.807) is 0 Å². The van der Waals surface area contributed by atoms with Crippen molar-refractivity contribution in [3.8, 4) is 0 Å². The lowest BCUT2D eigenvalue weighted by atomic mass is 10.1. The van der Waals surface area contributed by atoms with Crippen molar-refractivity contribution in [2.75, 3.05) is 23.7 Å². The third-order valence-corrected chi connectivity index (χ3v) is 4.79. The number of nitrogens with zero attached hydrogens (tertiary/aromatic N) is 2. The molecule has 1 aromatic carbocycles. The number of sulfonamides is 1. The van der Waals surface area contributed by atoms with E-state index in [1.807, 2.05) is 0 Å². The molecule has 0 aromatic heterocycles. The van der Waals surface area contributed by atoms with Gasteiger partial charge in [0.25, 0.3) is 5.69 Å². The zero-order chi connectivity index (χ0) is 14.9. The van der Waals surface area contributed by atoms with Crippen LogP contribution in [0, 0.1) is 10.1 Å². The van der Waals surface area contributed by atoms with Crippen LogP contribution in [-0.2, 0) is 14.8 Å². The molecule has 1 aliphatic heterocycles. The first kappa shape index (κ1) is 14.3. The molecule has 20 heavy (non-hydrogen) atoms. The Morgan fingerprint density at radius 3 is 2.60 bits per heavy atom. The normalized spacial score (nSPS) is 16.9. The average Bonchev–Trinajstić information content (AvgIpc) is 2.76. The molecular formula is C11H12N2O6S. The zero-order valence-electron chi connectivity index (χ0n) is 10.6. The van der Waals surface area contributed by atoms with Crippen LogP contribution < -0.4 is 4.31 Å². The van der Waals surface area contributed by atoms with Crippen LogP contribution in [0.25, 0.3) is 0 Å². The van der Waals surface area contributed by atoms with Crippen LogP contribution >= 0.6 is 0 Å². The van der Waals surface area contributed by atoms with E-state index < -0.39 is 20.9 Å². The highest BCUT2D eigenvalue weighted by Gasteiger charge is 2.30. The van der Waals surface area contributed by atoms with Gasteiger partial charge in [-0.3, -0.25) is 14.4 Å². The quantitative estimate of drug-likeness (QED) is 0.467. The van der Waals surface area contributed by atoms with Crippen molar-refractivity contribution in [3.63, 3.8) is 0 Å². The second kappa shape index (κ2) is 5.08. The monoisotopic (exact) mass is 300 g/mol. The van der Waals surface area contributed by atoms with Crippen molar-refractivity contribution < 1.29 is 22.9 Å². The maximum absolute atomic E-state index is 11.8. The summed E-state index contributed by atoms with van der Waals surface area (Å²) in [5.41, 5.74) is -0.305. The minimum atomic E-state index is -3.47. The molecule has 0 unspecified atom stereocenters. The summed E-state index contributed by atoms with van der Waals surface area (Å²) in [5.74, 6) is -0.768. The molecule has 0 aliphatic carbocycles. The molecule has 0 spiro atoms. The lowest BCUT2D eigenvalue weighted by Crippen LogP contribution is -2.25. The summed E-state index contributed by atoms with van der Waals surface area (Å²) < 4.78 is 29.3. The molecule has 9 heteroatoms. The number of nitro benzene ring substituents is 1. The predicted octanol–water partition coefficient (Wildman–Crippen LogP) is 0.921. The van der Waals surface area contributed by atoms with Crippen LogP contribution in [0.1, 0.15) is 16.8 Å². The molecule has 2 rings (SSSR count). The molecule has 0 bridgehead atoms. The molecular weight excluding hydrogens is 288 g/mol. The highest BCUT2D eigenvalue weighted by atomic mass is 32.2. The standard InChI is InChI=1S/C11H12N2O6S/c1-19-11(14)8-5-9(7-10(6-8)13(15)16)12-3-2-4-20(12,17)18/h5-7H,2-4H2,1H3. The van der Waals surface area contributed by atoms with Crippen LogP contribution in [0.4, 0.5) is 11.4 Å². The molecule has 0 amide bonds. The van der Waals surface area contributed by atoms with Gasteiger partial charge < -0.3 is 4.74 Å². The number of hydrogen-bond donors (Lipinski definition) is 0. The third kappa shape index (κ3) is 2.57. The lowest BCUT2D eigenvalue weighted by Gasteiger charge is -2.17. The minimum absolute atomic E-state index is 0.0107. The van der Waals surface area contributed by atoms with Gasteiger partial charge in [0, 0.05) is 18.7 Å². The van der Waals surface area contributed by atoms with Crippen LogP contribution in [0.2, 0.25) is 0 Å². The van der Waals surface area contributed by atoms with Gasteiger partial charge in [0.1, 0.15) is 0 Å². The summed E-state index contributed by atoms with van der Waals surface area (Å²) in [7, 11) is -2.33. The van der Waals surface area contributed by atoms with Crippen LogP contribution in [0.5, 0.6) is 0 Å². The number of esters is 1. The first-order chi connectivity index (χ1) is 9.35. The minimum Gasteiger partial charge on any atom is -0.465 e. The molecule has 8 nitrogen and oxygen atoms in total. The summed E-state index contributed by atoms with van der Waals surface area (Å²) in [6.07, 6.45) is 0.443. The third-order valence-electron chi connectivity index (χ3n) is 2.92. The molecule has 1 aromatic rings. The van der Waals surface area contributed by atoms with E-state index in [9.17, 15) is 23.3 Å². The molecule has 0 radical (unpaired) electrons. The average molecular weight is 300 g/mol. The summed E-state index contributed by atoms with van der Waals surface area (Å²) in [6, 6.07) is 3.47. The second-order valence-corrected chi connectivity index (χ2v) is 6.24. The summed E-state index contributed by atoms with van der Waals surface area (Å²) in [5, 5.41) is 10.9. The molecule has 1 aliphatic rings. The van der Waals surface area contributed by atoms with E-state index >= 15 is 0 Å². The summed E-state index contributed by atoms with van der Waals surface area (Å²) >= 11 is 0. The number of nitro groups is 1. The van der Waals surface area contributed by atoms with Crippen LogP contribution in [-0.4, -0.2) is 38.7 Å². The first-order valence-electron chi connectivity index (χ1n) is 5.73.